The Kier molecular flexibility index (Phi) is 4.29. The van der Waals surface area contributed by atoms with Gasteiger partial charge in [0.05, 0.1) is 12.0 Å². The molecule has 0 aliphatic carbocycles. The predicted octanol–water partition coefficient (Wildman–Crippen LogP) is 5.25. The molecule has 0 amide bonds. The molecule has 0 heterocycles. The van der Waals surface area contributed by atoms with E-state index in [2.05, 4.69) is 19.1 Å². The quantitative estimate of drug-likeness (QED) is 0.488. The second kappa shape index (κ2) is 6.54. The highest BCUT2D eigenvalue weighted by Crippen LogP contribution is 2.35. The first-order valence-electron chi connectivity index (χ1n) is 7.58. The fourth-order valence-corrected chi connectivity index (χ4v) is 2.72. The summed E-state index contributed by atoms with van der Waals surface area (Å²) >= 11 is 0. The van der Waals surface area contributed by atoms with Crippen LogP contribution < -0.4 is 4.74 Å². The lowest BCUT2D eigenvalue weighted by Crippen LogP contribution is -1.92. The van der Waals surface area contributed by atoms with Crippen molar-refractivity contribution in [2.24, 2.45) is 0 Å². The van der Waals surface area contributed by atoms with Gasteiger partial charge < -0.3 is 4.74 Å². The van der Waals surface area contributed by atoms with Crippen LogP contribution in [0.15, 0.2) is 66.7 Å². The van der Waals surface area contributed by atoms with Crippen molar-refractivity contribution in [3.05, 3.63) is 82.4 Å². The van der Waals surface area contributed by atoms with Gasteiger partial charge in [-0.05, 0) is 35.7 Å². The van der Waals surface area contributed by atoms with Gasteiger partial charge in [0.25, 0.3) is 5.69 Å². The van der Waals surface area contributed by atoms with Crippen LogP contribution in [0.3, 0.4) is 0 Å². The van der Waals surface area contributed by atoms with Crippen LogP contribution in [-0.2, 0) is 0 Å². The summed E-state index contributed by atoms with van der Waals surface area (Å²) in [6.45, 7) is 2.05. The van der Waals surface area contributed by atoms with Crippen LogP contribution in [0.4, 0.5) is 5.69 Å². The van der Waals surface area contributed by atoms with Crippen molar-refractivity contribution < 1.29 is 9.66 Å². The lowest BCUT2D eigenvalue weighted by molar-refractivity contribution is -0.384. The van der Waals surface area contributed by atoms with E-state index in [9.17, 15) is 10.1 Å². The second-order valence-electron chi connectivity index (χ2n) is 5.59. The number of aryl methyl sites for hydroxylation is 1. The molecule has 0 aliphatic rings. The number of non-ortho nitro benzene ring substituents is 1. The minimum atomic E-state index is -0.389. The smallest absolute Gasteiger partial charge is 0.270 e. The predicted molar refractivity (Wildman–Crippen MR) is 95.3 cm³/mol. The van der Waals surface area contributed by atoms with Crippen LogP contribution in [0.5, 0.6) is 5.75 Å². The molecule has 3 aromatic rings. The maximum Gasteiger partial charge on any atom is 0.270 e. The molecule has 0 atom stereocenters. The van der Waals surface area contributed by atoms with Crippen LogP contribution >= 0.6 is 0 Å². The summed E-state index contributed by atoms with van der Waals surface area (Å²) in [5, 5.41) is 11.0. The number of nitro groups is 1. The third-order valence-corrected chi connectivity index (χ3v) is 3.92. The summed E-state index contributed by atoms with van der Waals surface area (Å²) < 4.78 is 5.44. The van der Waals surface area contributed by atoms with E-state index in [0.717, 1.165) is 22.3 Å². The Hall–Kier alpha value is -3.14. The lowest BCUT2D eigenvalue weighted by atomic mass is 9.97. The van der Waals surface area contributed by atoms with Crippen molar-refractivity contribution in [2.75, 3.05) is 7.11 Å². The van der Waals surface area contributed by atoms with Gasteiger partial charge in [0.1, 0.15) is 5.75 Å². The highest BCUT2D eigenvalue weighted by molar-refractivity contribution is 5.78. The number of hydrogen-bond donors (Lipinski definition) is 0. The van der Waals surface area contributed by atoms with E-state index in [-0.39, 0.29) is 10.6 Å². The average Bonchev–Trinajstić information content (AvgIpc) is 2.61. The number of methoxy groups -OCH3 is 1. The standard InChI is InChI=1S/C20H17NO3/c1-14-5-3-6-15(11-14)16-9-10-20(24-2)19(13-16)17-7-4-8-18(12-17)21(22)23/h3-13H,1-2H3. The van der Waals surface area contributed by atoms with Crippen LogP contribution in [0.25, 0.3) is 22.3 Å². The summed E-state index contributed by atoms with van der Waals surface area (Å²) in [5.41, 5.74) is 4.98. The first kappa shape index (κ1) is 15.7. The van der Waals surface area contributed by atoms with E-state index in [4.69, 9.17) is 4.74 Å². The molecule has 0 fully saturated rings. The number of hydrogen-bond acceptors (Lipinski definition) is 3. The first-order chi connectivity index (χ1) is 11.6. The zero-order valence-corrected chi connectivity index (χ0v) is 13.5. The van der Waals surface area contributed by atoms with E-state index in [0.29, 0.717) is 5.75 Å². The topological polar surface area (TPSA) is 52.4 Å². The molecular formula is C20H17NO3. The third kappa shape index (κ3) is 3.13. The molecule has 0 aliphatic heterocycles. The van der Waals surface area contributed by atoms with E-state index >= 15 is 0 Å². The number of ether oxygens (including phenoxy) is 1. The van der Waals surface area contributed by atoms with Gasteiger partial charge in [-0.1, -0.05) is 48.0 Å². The molecule has 0 aromatic heterocycles. The highest BCUT2D eigenvalue weighted by Gasteiger charge is 2.12. The minimum Gasteiger partial charge on any atom is -0.496 e. The number of rotatable bonds is 4. The molecule has 0 saturated carbocycles. The molecular weight excluding hydrogens is 302 g/mol. The Morgan fingerprint density at radius 2 is 1.58 bits per heavy atom. The lowest BCUT2D eigenvalue weighted by Gasteiger charge is -2.12. The van der Waals surface area contributed by atoms with Gasteiger partial charge >= 0.3 is 0 Å². The monoisotopic (exact) mass is 319 g/mol. The second-order valence-corrected chi connectivity index (χ2v) is 5.59. The minimum absolute atomic E-state index is 0.0653. The summed E-state index contributed by atoms with van der Waals surface area (Å²) in [6.07, 6.45) is 0. The molecule has 0 N–H and O–H groups in total. The Morgan fingerprint density at radius 3 is 2.29 bits per heavy atom. The molecule has 0 radical (unpaired) electrons. The Morgan fingerprint density at radius 1 is 0.875 bits per heavy atom. The fourth-order valence-electron chi connectivity index (χ4n) is 2.72. The van der Waals surface area contributed by atoms with Gasteiger partial charge in [0.2, 0.25) is 0 Å². The van der Waals surface area contributed by atoms with E-state index in [1.165, 1.54) is 11.6 Å². The van der Waals surface area contributed by atoms with Crippen LogP contribution in [0.2, 0.25) is 0 Å². The Labute approximate surface area is 140 Å². The molecule has 0 unspecified atom stereocenters. The molecule has 120 valence electrons. The number of nitrogens with zero attached hydrogens (tertiary/aromatic N) is 1. The van der Waals surface area contributed by atoms with Gasteiger partial charge in [-0.15, -0.1) is 0 Å². The highest BCUT2D eigenvalue weighted by atomic mass is 16.6. The van der Waals surface area contributed by atoms with Crippen molar-refractivity contribution in [1.29, 1.82) is 0 Å². The molecule has 3 rings (SSSR count). The fraction of sp³-hybridized carbons (Fsp3) is 0.100. The Balaban J connectivity index is 2.14. The van der Waals surface area contributed by atoms with Crippen LogP contribution in [-0.4, -0.2) is 12.0 Å². The van der Waals surface area contributed by atoms with Crippen molar-refractivity contribution in [1.82, 2.24) is 0 Å². The third-order valence-electron chi connectivity index (χ3n) is 3.92. The van der Waals surface area contributed by atoms with Crippen molar-refractivity contribution in [3.8, 4) is 28.0 Å². The van der Waals surface area contributed by atoms with Gasteiger partial charge in [-0.25, -0.2) is 0 Å². The molecule has 0 bridgehead atoms. The van der Waals surface area contributed by atoms with Gasteiger partial charge in [-0.3, -0.25) is 10.1 Å². The largest absolute Gasteiger partial charge is 0.496 e. The maximum atomic E-state index is 11.0. The molecule has 24 heavy (non-hydrogen) atoms. The van der Waals surface area contributed by atoms with E-state index < -0.39 is 0 Å². The normalized spacial score (nSPS) is 10.4. The summed E-state index contributed by atoms with van der Waals surface area (Å²) in [5.74, 6) is 0.687. The van der Waals surface area contributed by atoms with Crippen molar-refractivity contribution in [2.45, 2.75) is 6.92 Å². The van der Waals surface area contributed by atoms with Gasteiger partial charge in [0, 0.05) is 17.7 Å². The molecule has 4 nitrogen and oxygen atoms in total. The first-order valence-corrected chi connectivity index (χ1v) is 7.58. The summed E-state index contributed by atoms with van der Waals surface area (Å²) in [7, 11) is 1.60. The number of benzene rings is 3. The molecule has 0 saturated heterocycles. The van der Waals surface area contributed by atoms with Crippen LogP contribution in [0, 0.1) is 17.0 Å². The molecule has 0 spiro atoms. The average molecular weight is 319 g/mol. The maximum absolute atomic E-state index is 11.0. The Bertz CT molecular complexity index is 903. The van der Waals surface area contributed by atoms with Crippen molar-refractivity contribution in [3.63, 3.8) is 0 Å². The molecule has 3 aromatic carbocycles. The van der Waals surface area contributed by atoms with E-state index in [1.807, 2.05) is 36.4 Å². The number of nitro benzene ring substituents is 1. The zero-order chi connectivity index (χ0) is 17.1. The van der Waals surface area contributed by atoms with Gasteiger partial charge in [0.15, 0.2) is 0 Å². The molecule has 4 heteroatoms. The summed E-state index contributed by atoms with van der Waals surface area (Å²) in [4.78, 5) is 10.7. The van der Waals surface area contributed by atoms with Crippen LogP contribution in [0.1, 0.15) is 5.56 Å². The zero-order valence-electron chi connectivity index (χ0n) is 13.5. The van der Waals surface area contributed by atoms with E-state index in [1.54, 1.807) is 19.2 Å². The van der Waals surface area contributed by atoms with Gasteiger partial charge in [-0.2, -0.15) is 0 Å². The van der Waals surface area contributed by atoms with Crippen molar-refractivity contribution >= 4 is 5.69 Å². The summed E-state index contributed by atoms with van der Waals surface area (Å²) in [6, 6.07) is 20.7. The SMILES string of the molecule is COc1ccc(-c2cccc(C)c2)cc1-c1cccc([N+](=O)[O-])c1.